The molecule has 1 aromatic carbocycles. The standard InChI is InChI=1S/C18H16FN3O2/c19-12-3-4-15-13(7-12)14(8-16(20-15)10-1-2-10)18-21-17(22-24-18)11-5-6-23-9-11/h3-4,7-8,10-11H,1-2,5-6,9H2. The van der Waals surface area contributed by atoms with Crippen LogP contribution >= 0.6 is 0 Å². The number of rotatable bonds is 3. The number of hydrogen-bond donors (Lipinski definition) is 0. The highest BCUT2D eigenvalue weighted by molar-refractivity contribution is 5.92. The summed E-state index contributed by atoms with van der Waals surface area (Å²) in [5.41, 5.74) is 2.55. The first-order chi connectivity index (χ1) is 11.8. The van der Waals surface area contributed by atoms with Crippen LogP contribution in [0.15, 0.2) is 28.8 Å². The van der Waals surface area contributed by atoms with Gasteiger partial charge >= 0.3 is 0 Å². The maximum absolute atomic E-state index is 13.7. The van der Waals surface area contributed by atoms with Crippen molar-refractivity contribution in [1.82, 2.24) is 15.1 Å². The summed E-state index contributed by atoms with van der Waals surface area (Å²) < 4.78 is 24.6. The normalized spacial score (nSPS) is 20.8. The minimum absolute atomic E-state index is 0.176. The Morgan fingerprint density at radius 1 is 1.04 bits per heavy atom. The van der Waals surface area contributed by atoms with Gasteiger partial charge in [0.15, 0.2) is 5.82 Å². The van der Waals surface area contributed by atoms with Crippen LogP contribution in [0.3, 0.4) is 0 Å². The number of aromatic nitrogens is 3. The Kier molecular flexibility index (Phi) is 3.13. The van der Waals surface area contributed by atoms with Gasteiger partial charge in [0.1, 0.15) is 5.82 Å². The molecule has 5 nitrogen and oxygen atoms in total. The number of fused-ring (bicyclic) bond motifs is 1. The number of ether oxygens (including phenoxy) is 1. The second-order valence-electron chi connectivity index (χ2n) is 6.55. The van der Waals surface area contributed by atoms with Crippen molar-refractivity contribution in [2.45, 2.75) is 31.1 Å². The van der Waals surface area contributed by atoms with E-state index in [2.05, 4.69) is 15.1 Å². The van der Waals surface area contributed by atoms with Gasteiger partial charge in [-0.15, -0.1) is 0 Å². The van der Waals surface area contributed by atoms with Crippen molar-refractivity contribution in [3.8, 4) is 11.5 Å². The molecule has 2 aliphatic rings. The number of halogens is 1. The fourth-order valence-electron chi connectivity index (χ4n) is 3.23. The van der Waals surface area contributed by atoms with Crippen LogP contribution in [-0.4, -0.2) is 28.3 Å². The SMILES string of the molecule is Fc1ccc2nc(C3CC3)cc(-c3nc(C4CCOC4)no3)c2c1. The van der Waals surface area contributed by atoms with E-state index in [4.69, 9.17) is 9.26 Å². The van der Waals surface area contributed by atoms with Crippen molar-refractivity contribution in [1.29, 1.82) is 0 Å². The summed E-state index contributed by atoms with van der Waals surface area (Å²) in [5, 5.41) is 4.82. The van der Waals surface area contributed by atoms with Gasteiger partial charge in [-0.2, -0.15) is 4.98 Å². The van der Waals surface area contributed by atoms with Crippen molar-refractivity contribution in [2.24, 2.45) is 0 Å². The minimum Gasteiger partial charge on any atom is -0.381 e. The second kappa shape index (κ2) is 5.34. The van der Waals surface area contributed by atoms with Crippen molar-refractivity contribution in [2.75, 3.05) is 13.2 Å². The summed E-state index contributed by atoms with van der Waals surface area (Å²) in [6.07, 6.45) is 3.19. The summed E-state index contributed by atoms with van der Waals surface area (Å²) in [5.74, 6) is 1.46. The molecular weight excluding hydrogens is 309 g/mol. The molecule has 2 aromatic heterocycles. The predicted molar refractivity (Wildman–Crippen MR) is 85.1 cm³/mol. The van der Waals surface area contributed by atoms with E-state index in [0.717, 1.165) is 42.6 Å². The summed E-state index contributed by atoms with van der Waals surface area (Å²) in [6.45, 7) is 1.35. The molecule has 1 unspecified atom stereocenters. The highest BCUT2D eigenvalue weighted by atomic mass is 19.1. The van der Waals surface area contributed by atoms with Crippen LogP contribution in [0, 0.1) is 5.82 Å². The molecule has 2 fully saturated rings. The van der Waals surface area contributed by atoms with Gasteiger partial charge in [-0.3, -0.25) is 4.98 Å². The molecule has 0 radical (unpaired) electrons. The van der Waals surface area contributed by atoms with Crippen LogP contribution in [0.5, 0.6) is 0 Å². The van der Waals surface area contributed by atoms with Gasteiger partial charge in [-0.05, 0) is 43.5 Å². The quantitative estimate of drug-likeness (QED) is 0.733. The molecule has 1 aliphatic carbocycles. The Morgan fingerprint density at radius 2 is 1.96 bits per heavy atom. The fraction of sp³-hybridized carbons (Fsp3) is 0.389. The van der Waals surface area contributed by atoms with Gasteiger partial charge in [0.2, 0.25) is 0 Å². The van der Waals surface area contributed by atoms with Crippen molar-refractivity contribution < 1.29 is 13.7 Å². The number of benzene rings is 1. The first kappa shape index (κ1) is 14.0. The summed E-state index contributed by atoms with van der Waals surface area (Å²) in [6, 6.07) is 6.60. The van der Waals surface area contributed by atoms with Gasteiger partial charge in [0, 0.05) is 29.5 Å². The largest absolute Gasteiger partial charge is 0.381 e. The predicted octanol–water partition coefficient (Wildman–Crippen LogP) is 3.81. The molecule has 3 heterocycles. The first-order valence-corrected chi connectivity index (χ1v) is 8.30. The second-order valence-corrected chi connectivity index (χ2v) is 6.55. The Hall–Kier alpha value is -2.34. The first-order valence-electron chi connectivity index (χ1n) is 8.30. The van der Waals surface area contributed by atoms with E-state index in [1.807, 2.05) is 6.07 Å². The summed E-state index contributed by atoms with van der Waals surface area (Å²) in [4.78, 5) is 9.23. The van der Waals surface area contributed by atoms with Gasteiger partial charge in [-0.1, -0.05) is 5.16 Å². The van der Waals surface area contributed by atoms with E-state index in [1.165, 1.54) is 12.1 Å². The van der Waals surface area contributed by atoms with E-state index in [9.17, 15) is 4.39 Å². The molecule has 1 saturated carbocycles. The maximum Gasteiger partial charge on any atom is 0.258 e. The lowest BCUT2D eigenvalue weighted by Crippen LogP contribution is -1.99. The van der Waals surface area contributed by atoms with E-state index in [1.54, 1.807) is 6.07 Å². The highest BCUT2D eigenvalue weighted by Gasteiger charge is 2.28. The fourth-order valence-corrected chi connectivity index (χ4v) is 3.23. The van der Waals surface area contributed by atoms with E-state index >= 15 is 0 Å². The van der Waals surface area contributed by atoms with E-state index in [-0.39, 0.29) is 11.7 Å². The molecule has 0 spiro atoms. The average Bonchev–Trinajstić information content (AvgIpc) is 3.10. The Balaban J connectivity index is 1.65. The molecule has 1 aliphatic heterocycles. The van der Waals surface area contributed by atoms with Gasteiger partial charge in [0.05, 0.1) is 17.7 Å². The maximum atomic E-state index is 13.7. The molecule has 0 bridgehead atoms. The van der Waals surface area contributed by atoms with E-state index < -0.39 is 0 Å². The number of nitrogens with zero attached hydrogens (tertiary/aromatic N) is 3. The lowest BCUT2D eigenvalue weighted by Gasteiger charge is -2.06. The Bertz CT molecular complexity index is 914. The van der Waals surface area contributed by atoms with Crippen molar-refractivity contribution in [3.63, 3.8) is 0 Å². The van der Waals surface area contributed by atoms with Crippen LogP contribution < -0.4 is 0 Å². The zero-order valence-electron chi connectivity index (χ0n) is 13.0. The third-order valence-electron chi connectivity index (χ3n) is 4.75. The summed E-state index contributed by atoms with van der Waals surface area (Å²) in [7, 11) is 0. The molecule has 0 amide bonds. The van der Waals surface area contributed by atoms with Crippen molar-refractivity contribution >= 4 is 10.9 Å². The average molecular weight is 325 g/mol. The molecule has 122 valence electrons. The zero-order chi connectivity index (χ0) is 16.1. The van der Waals surface area contributed by atoms with Gasteiger partial charge < -0.3 is 9.26 Å². The lowest BCUT2D eigenvalue weighted by molar-refractivity contribution is 0.192. The molecule has 1 saturated heterocycles. The molecule has 0 N–H and O–H groups in total. The van der Waals surface area contributed by atoms with Crippen LogP contribution in [0.4, 0.5) is 4.39 Å². The smallest absolute Gasteiger partial charge is 0.258 e. The monoisotopic (exact) mass is 325 g/mol. The molecule has 6 heteroatoms. The Morgan fingerprint density at radius 3 is 2.75 bits per heavy atom. The van der Waals surface area contributed by atoms with Crippen LogP contribution in [0.2, 0.25) is 0 Å². The number of hydrogen-bond acceptors (Lipinski definition) is 5. The highest BCUT2D eigenvalue weighted by Crippen LogP contribution is 2.41. The third-order valence-corrected chi connectivity index (χ3v) is 4.75. The molecular formula is C18H16FN3O2. The van der Waals surface area contributed by atoms with Gasteiger partial charge in [-0.25, -0.2) is 4.39 Å². The molecule has 5 rings (SSSR count). The Labute approximate surface area is 137 Å². The van der Waals surface area contributed by atoms with Crippen molar-refractivity contribution in [3.05, 3.63) is 41.6 Å². The van der Waals surface area contributed by atoms with Crippen LogP contribution in [0.25, 0.3) is 22.4 Å². The molecule has 3 aromatic rings. The lowest BCUT2D eigenvalue weighted by atomic mass is 10.1. The summed E-state index contributed by atoms with van der Waals surface area (Å²) >= 11 is 0. The van der Waals surface area contributed by atoms with Gasteiger partial charge in [0.25, 0.3) is 5.89 Å². The molecule has 1 atom stereocenters. The van der Waals surface area contributed by atoms with E-state index in [0.29, 0.717) is 29.6 Å². The zero-order valence-corrected chi connectivity index (χ0v) is 13.0. The topological polar surface area (TPSA) is 61.0 Å². The minimum atomic E-state index is -0.298. The van der Waals surface area contributed by atoms with Crippen LogP contribution in [-0.2, 0) is 4.74 Å². The molecule has 24 heavy (non-hydrogen) atoms. The third kappa shape index (κ3) is 2.38. The number of pyridine rings is 1. The van der Waals surface area contributed by atoms with Crippen LogP contribution in [0.1, 0.15) is 42.6 Å².